The second kappa shape index (κ2) is 4.82. The highest BCUT2D eigenvalue weighted by Crippen LogP contribution is 2.32. The molecular formula is C15H13BrFN. The van der Waals surface area contributed by atoms with Gasteiger partial charge in [-0.25, -0.2) is 4.39 Å². The summed E-state index contributed by atoms with van der Waals surface area (Å²) in [6.07, 6.45) is 0.817. The van der Waals surface area contributed by atoms with Crippen LogP contribution in [-0.2, 0) is 13.0 Å². The highest BCUT2D eigenvalue weighted by molar-refractivity contribution is 9.10. The van der Waals surface area contributed by atoms with Crippen LogP contribution in [0.2, 0.25) is 0 Å². The monoisotopic (exact) mass is 305 g/mol. The second-order valence-corrected chi connectivity index (χ2v) is 5.39. The summed E-state index contributed by atoms with van der Waals surface area (Å²) in [4.78, 5) is 0. The Hall–Kier alpha value is -1.19. The molecule has 0 spiro atoms. The zero-order valence-corrected chi connectivity index (χ0v) is 11.4. The summed E-state index contributed by atoms with van der Waals surface area (Å²) in [5.74, 6) is -0.118. The maximum atomic E-state index is 13.7. The summed E-state index contributed by atoms with van der Waals surface area (Å²) in [6.45, 7) is 0.583. The Morgan fingerprint density at radius 1 is 1.06 bits per heavy atom. The molecule has 1 N–H and O–H groups in total. The number of fused-ring (bicyclic) bond motifs is 1. The third-order valence-corrected chi connectivity index (χ3v) is 4.20. The van der Waals surface area contributed by atoms with Crippen molar-refractivity contribution in [2.45, 2.75) is 19.0 Å². The first-order chi connectivity index (χ1) is 8.75. The molecule has 18 heavy (non-hydrogen) atoms. The molecule has 2 aromatic carbocycles. The highest BCUT2D eigenvalue weighted by Gasteiger charge is 2.23. The first-order valence-electron chi connectivity index (χ1n) is 6.00. The molecule has 1 nitrogen and oxygen atoms in total. The molecule has 0 saturated carbocycles. The van der Waals surface area contributed by atoms with E-state index in [-0.39, 0.29) is 11.9 Å². The topological polar surface area (TPSA) is 12.0 Å². The molecule has 0 saturated heterocycles. The van der Waals surface area contributed by atoms with Crippen molar-refractivity contribution in [3.8, 4) is 0 Å². The van der Waals surface area contributed by atoms with Gasteiger partial charge in [-0.15, -0.1) is 0 Å². The van der Waals surface area contributed by atoms with Gasteiger partial charge in [-0.2, -0.15) is 0 Å². The average Bonchev–Trinajstić information content (AvgIpc) is 2.44. The predicted octanol–water partition coefficient (Wildman–Crippen LogP) is 3.98. The fraction of sp³-hybridized carbons (Fsp3) is 0.200. The van der Waals surface area contributed by atoms with E-state index in [2.05, 4.69) is 33.4 Å². The van der Waals surface area contributed by atoms with E-state index >= 15 is 0 Å². The fourth-order valence-corrected chi connectivity index (χ4v) is 3.00. The van der Waals surface area contributed by atoms with Crippen LogP contribution in [0.3, 0.4) is 0 Å². The van der Waals surface area contributed by atoms with Crippen molar-refractivity contribution in [3.05, 3.63) is 69.4 Å². The van der Waals surface area contributed by atoms with Crippen LogP contribution in [0.1, 0.15) is 22.7 Å². The van der Waals surface area contributed by atoms with E-state index in [4.69, 9.17) is 0 Å². The smallest absolute Gasteiger partial charge is 0.128 e. The first-order valence-corrected chi connectivity index (χ1v) is 6.79. The quantitative estimate of drug-likeness (QED) is 0.840. The van der Waals surface area contributed by atoms with Crippen LogP contribution < -0.4 is 5.32 Å². The Labute approximate surface area is 114 Å². The van der Waals surface area contributed by atoms with Crippen LogP contribution in [-0.4, -0.2) is 0 Å². The van der Waals surface area contributed by atoms with E-state index in [1.165, 1.54) is 11.6 Å². The van der Waals surface area contributed by atoms with E-state index in [9.17, 15) is 4.39 Å². The summed E-state index contributed by atoms with van der Waals surface area (Å²) in [5.41, 5.74) is 3.12. The largest absolute Gasteiger partial charge is 0.305 e. The molecule has 0 bridgehead atoms. The minimum Gasteiger partial charge on any atom is -0.305 e. The van der Waals surface area contributed by atoms with E-state index in [1.54, 1.807) is 6.07 Å². The number of halogens is 2. The number of hydrogen-bond donors (Lipinski definition) is 1. The zero-order chi connectivity index (χ0) is 12.5. The van der Waals surface area contributed by atoms with Crippen molar-refractivity contribution in [2.75, 3.05) is 0 Å². The molecule has 1 unspecified atom stereocenters. The molecule has 0 radical (unpaired) electrons. The Balaban J connectivity index is 1.96. The molecule has 1 aliphatic heterocycles. The van der Waals surface area contributed by atoms with Gasteiger partial charge in [0, 0.05) is 22.6 Å². The molecule has 92 valence electrons. The van der Waals surface area contributed by atoms with E-state index in [1.807, 2.05) is 18.2 Å². The van der Waals surface area contributed by atoms with Gasteiger partial charge in [0.2, 0.25) is 0 Å². The standard InChI is InChI=1S/C15H13BrFN/c16-13-6-7-14(17)12-9-18-15(8-11(12)13)10-4-2-1-3-5-10/h1-7,15,18H,8-9H2. The van der Waals surface area contributed by atoms with Gasteiger partial charge in [0.25, 0.3) is 0 Å². The molecule has 1 atom stereocenters. The van der Waals surface area contributed by atoms with Crippen molar-refractivity contribution in [1.29, 1.82) is 0 Å². The van der Waals surface area contributed by atoms with Crippen LogP contribution in [0.25, 0.3) is 0 Å². The Bertz CT molecular complexity index is 568. The highest BCUT2D eigenvalue weighted by atomic mass is 79.9. The minimum atomic E-state index is -0.118. The lowest BCUT2D eigenvalue weighted by atomic mass is 9.91. The second-order valence-electron chi connectivity index (χ2n) is 4.53. The van der Waals surface area contributed by atoms with Crippen LogP contribution in [0.5, 0.6) is 0 Å². The SMILES string of the molecule is Fc1ccc(Br)c2c1CNC(c1ccccc1)C2. The molecule has 1 heterocycles. The lowest BCUT2D eigenvalue weighted by Gasteiger charge is -2.27. The van der Waals surface area contributed by atoms with Crippen LogP contribution in [0, 0.1) is 5.82 Å². The lowest BCUT2D eigenvalue weighted by Crippen LogP contribution is -2.29. The van der Waals surface area contributed by atoms with Gasteiger partial charge >= 0.3 is 0 Å². The normalized spacial score (nSPS) is 18.4. The summed E-state index contributed by atoms with van der Waals surface area (Å²) in [6, 6.07) is 13.9. The number of rotatable bonds is 1. The maximum Gasteiger partial charge on any atom is 0.128 e. The molecule has 2 aromatic rings. The van der Waals surface area contributed by atoms with Crippen molar-refractivity contribution in [3.63, 3.8) is 0 Å². The molecular weight excluding hydrogens is 293 g/mol. The molecule has 3 rings (SSSR count). The minimum absolute atomic E-state index is 0.118. The molecule has 0 amide bonds. The van der Waals surface area contributed by atoms with E-state index < -0.39 is 0 Å². The molecule has 0 aliphatic carbocycles. The average molecular weight is 306 g/mol. The van der Waals surface area contributed by atoms with Gasteiger partial charge in [-0.05, 0) is 29.7 Å². The number of nitrogens with one attached hydrogen (secondary N) is 1. The van der Waals surface area contributed by atoms with Crippen molar-refractivity contribution < 1.29 is 4.39 Å². The number of benzene rings is 2. The van der Waals surface area contributed by atoms with Gasteiger partial charge in [0.15, 0.2) is 0 Å². The molecule has 3 heteroatoms. The van der Waals surface area contributed by atoms with Gasteiger partial charge in [-0.1, -0.05) is 46.3 Å². The molecule has 1 aliphatic rings. The van der Waals surface area contributed by atoms with Crippen LogP contribution >= 0.6 is 15.9 Å². The lowest BCUT2D eigenvalue weighted by molar-refractivity contribution is 0.476. The molecule has 0 fully saturated rings. The Kier molecular flexibility index (Phi) is 3.18. The third-order valence-electron chi connectivity index (χ3n) is 3.45. The maximum absolute atomic E-state index is 13.7. The summed E-state index contributed by atoms with van der Waals surface area (Å²) in [5, 5.41) is 3.40. The van der Waals surface area contributed by atoms with Gasteiger partial charge in [0.1, 0.15) is 5.82 Å². The summed E-state index contributed by atoms with van der Waals surface area (Å²) < 4.78 is 14.7. The predicted molar refractivity (Wildman–Crippen MR) is 73.8 cm³/mol. The van der Waals surface area contributed by atoms with Crippen molar-refractivity contribution in [1.82, 2.24) is 5.32 Å². The Morgan fingerprint density at radius 3 is 2.61 bits per heavy atom. The zero-order valence-electron chi connectivity index (χ0n) is 9.79. The summed E-state index contributed by atoms with van der Waals surface area (Å²) >= 11 is 3.52. The molecule has 0 aromatic heterocycles. The van der Waals surface area contributed by atoms with E-state index in [0.717, 1.165) is 22.0 Å². The van der Waals surface area contributed by atoms with Gasteiger partial charge < -0.3 is 5.32 Å². The Morgan fingerprint density at radius 2 is 1.83 bits per heavy atom. The van der Waals surface area contributed by atoms with Gasteiger partial charge in [0.05, 0.1) is 0 Å². The van der Waals surface area contributed by atoms with Crippen molar-refractivity contribution in [2.24, 2.45) is 0 Å². The van der Waals surface area contributed by atoms with Gasteiger partial charge in [-0.3, -0.25) is 0 Å². The van der Waals surface area contributed by atoms with Crippen molar-refractivity contribution >= 4 is 15.9 Å². The number of hydrogen-bond acceptors (Lipinski definition) is 1. The summed E-state index contributed by atoms with van der Waals surface area (Å²) in [7, 11) is 0. The van der Waals surface area contributed by atoms with E-state index in [0.29, 0.717) is 6.54 Å². The van der Waals surface area contributed by atoms with Crippen LogP contribution in [0.4, 0.5) is 4.39 Å². The third kappa shape index (κ3) is 2.08. The van der Waals surface area contributed by atoms with Crippen LogP contribution in [0.15, 0.2) is 46.9 Å². The fourth-order valence-electron chi connectivity index (χ4n) is 2.47. The first kappa shape index (κ1) is 11.9.